The lowest BCUT2D eigenvalue weighted by molar-refractivity contribution is -0.137. The molecule has 0 saturated carbocycles. The van der Waals surface area contributed by atoms with Crippen molar-refractivity contribution in [2.45, 2.75) is 19.1 Å². The zero-order valence-electron chi connectivity index (χ0n) is 18.0. The second kappa shape index (κ2) is 8.08. The zero-order valence-corrected chi connectivity index (χ0v) is 18.0. The summed E-state index contributed by atoms with van der Waals surface area (Å²) in [6.07, 6.45) is 2.24. The molecule has 0 radical (unpaired) electrons. The molecule has 170 valence electrons. The number of fused-ring (bicyclic) bond motifs is 3. The van der Waals surface area contributed by atoms with Crippen LogP contribution < -0.4 is 11.1 Å². The van der Waals surface area contributed by atoms with Crippen LogP contribution in [0.4, 0.5) is 24.7 Å². The van der Waals surface area contributed by atoms with Gasteiger partial charge in [-0.3, -0.25) is 4.40 Å². The molecule has 0 spiro atoms. The number of halogens is 3. The molecule has 0 atom stereocenters. The van der Waals surface area contributed by atoms with Crippen LogP contribution in [0.25, 0.3) is 22.3 Å². The number of anilines is 2. The van der Waals surface area contributed by atoms with Gasteiger partial charge in [0, 0.05) is 43.1 Å². The minimum atomic E-state index is -4.46. The molecule has 9 heteroatoms. The van der Waals surface area contributed by atoms with Gasteiger partial charge in [0.05, 0.1) is 11.1 Å². The molecule has 0 amide bonds. The smallest absolute Gasteiger partial charge is 0.399 e. The number of benzene rings is 2. The number of hydrogen-bond acceptors (Lipinski definition) is 5. The van der Waals surface area contributed by atoms with Crippen molar-refractivity contribution in [3.63, 3.8) is 0 Å². The molecule has 0 aliphatic carbocycles. The van der Waals surface area contributed by atoms with Gasteiger partial charge in [0.25, 0.3) is 0 Å². The van der Waals surface area contributed by atoms with Gasteiger partial charge < -0.3 is 16.0 Å². The first-order chi connectivity index (χ1) is 15.8. The summed E-state index contributed by atoms with van der Waals surface area (Å²) in [5.41, 5.74) is 8.76. The lowest BCUT2D eigenvalue weighted by Crippen LogP contribution is -2.23. The molecule has 0 saturated heterocycles. The number of hydrogen-bond donors (Lipinski definition) is 2. The van der Waals surface area contributed by atoms with E-state index in [1.165, 1.54) is 11.6 Å². The summed E-state index contributed by atoms with van der Waals surface area (Å²) in [6.45, 7) is 2.03. The van der Waals surface area contributed by atoms with E-state index in [0.717, 1.165) is 48.1 Å². The van der Waals surface area contributed by atoms with Gasteiger partial charge in [-0.2, -0.15) is 18.2 Å². The van der Waals surface area contributed by atoms with E-state index >= 15 is 0 Å². The van der Waals surface area contributed by atoms with Crippen molar-refractivity contribution in [1.82, 2.24) is 19.3 Å². The van der Waals surface area contributed by atoms with E-state index in [0.29, 0.717) is 17.2 Å². The maximum atomic E-state index is 13.2. The van der Waals surface area contributed by atoms with E-state index in [9.17, 15) is 13.2 Å². The van der Waals surface area contributed by atoms with Gasteiger partial charge in [0.15, 0.2) is 0 Å². The minimum absolute atomic E-state index is 0.0691. The Morgan fingerprint density at radius 3 is 2.76 bits per heavy atom. The number of likely N-dealkylation sites (N-methyl/N-ethyl adjacent to an activating group) is 1. The SMILES string of the molecule is CN1CC=C(c2ccc3c(c2)c(NCc2cc(N)cc(C(F)(F)F)c2)nc2nccn23)CC1. The van der Waals surface area contributed by atoms with Crippen LogP contribution in [0.15, 0.2) is 54.9 Å². The first kappa shape index (κ1) is 21.3. The van der Waals surface area contributed by atoms with Crippen molar-refractivity contribution in [2.75, 3.05) is 31.2 Å². The predicted octanol–water partition coefficient (Wildman–Crippen LogP) is 4.81. The monoisotopic (exact) mass is 452 g/mol. The maximum Gasteiger partial charge on any atom is 0.416 e. The molecule has 1 aliphatic rings. The van der Waals surface area contributed by atoms with Crippen molar-refractivity contribution >= 4 is 33.8 Å². The van der Waals surface area contributed by atoms with Gasteiger partial charge in [-0.25, -0.2) is 4.98 Å². The van der Waals surface area contributed by atoms with Gasteiger partial charge in [0.2, 0.25) is 5.78 Å². The number of imidazole rings is 1. The fourth-order valence-electron chi connectivity index (χ4n) is 4.20. The molecule has 3 heterocycles. The van der Waals surface area contributed by atoms with Crippen LogP contribution in [0.5, 0.6) is 0 Å². The fraction of sp³-hybridized carbons (Fsp3) is 0.250. The van der Waals surface area contributed by atoms with E-state index in [1.54, 1.807) is 6.20 Å². The molecular formula is C24H23F3N6. The highest BCUT2D eigenvalue weighted by Gasteiger charge is 2.31. The lowest BCUT2D eigenvalue weighted by Gasteiger charge is -2.22. The Bertz CT molecular complexity index is 1370. The van der Waals surface area contributed by atoms with Crippen molar-refractivity contribution < 1.29 is 13.2 Å². The van der Waals surface area contributed by atoms with Gasteiger partial charge in [0.1, 0.15) is 5.82 Å². The van der Waals surface area contributed by atoms with Gasteiger partial charge in [-0.15, -0.1) is 0 Å². The van der Waals surface area contributed by atoms with E-state index in [4.69, 9.17) is 5.73 Å². The largest absolute Gasteiger partial charge is 0.416 e. The Labute approximate surface area is 188 Å². The summed E-state index contributed by atoms with van der Waals surface area (Å²) in [4.78, 5) is 11.2. The third-order valence-electron chi connectivity index (χ3n) is 5.93. The second-order valence-corrected chi connectivity index (χ2v) is 8.35. The van der Waals surface area contributed by atoms with Crippen LogP contribution >= 0.6 is 0 Å². The molecule has 2 aromatic carbocycles. The highest BCUT2D eigenvalue weighted by atomic mass is 19.4. The fourth-order valence-corrected chi connectivity index (χ4v) is 4.20. The van der Waals surface area contributed by atoms with E-state index in [-0.39, 0.29) is 12.2 Å². The highest BCUT2D eigenvalue weighted by Crippen LogP contribution is 2.32. The van der Waals surface area contributed by atoms with Crippen LogP contribution in [0.2, 0.25) is 0 Å². The zero-order chi connectivity index (χ0) is 23.2. The van der Waals surface area contributed by atoms with Crippen LogP contribution in [-0.2, 0) is 12.7 Å². The number of nitrogens with two attached hydrogens (primary N) is 1. The number of rotatable bonds is 4. The van der Waals surface area contributed by atoms with Crippen molar-refractivity contribution in [3.05, 3.63) is 71.6 Å². The molecule has 0 fully saturated rings. The Morgan fingerprint density at radius 1 is 1.15 bits per heavy atom. The summed E-state index contributed by atoms with van der Waals surface area (Å²) >= 11 is 0. The molecule has 0 unspecified atom stereocenters. The molecule has 0 bridgehead atoms. The van der Waals surface area contributed by atoms with Gasteiger partial charge >= 0.3 is 6.18 Å². The summed E-state index contributed by atoms with van der Waals surface area (Å²) in [6, 6.07) is 9.79. The van der Waals surface area contributed by atoms with Crippen LogP contribution in [0, 0.1) is 0 Å². The summed E-state index contributed by atoms with van der Waals surface area (Å²) in [5.74, 6) is 1.08. The molecule has 33 heavy (non-hydrogen) atoms. The molecular weight excluding hydrogens is 429 g/mol. The second-order valence-electron chi connectivity index (χ2n) is 8.35. The van der Waals surface area contributed by atoms with Crippen LogP contribution in [0.1, 0.15) is 23.1 Å². The number of aromatic nitrogens is 3. The number of nitrogen functional groups attached to an aromatic ring is 1. The Morgan fingerprint density at radius 2 is 2.00 bits per heavy atom. The minimum Gasteiger partial charge on any atom is -0.399 e. The van der Waals surface area contributed by atoms with E-state index in [1.807, 2.05) is 16.7 Å². The van der Waals surface area contributed by atoms with E-state index in [2.05, 4.69) is 45.4 Å². The van der Waals surface area contributed by atoms with Gasteiger partial charge in [-0.05, 0) is 60.5 Å². The Hall–Kier alpha value is -3.59. The lowest BCUT2D eigenvalue weighted by atomic mass is 9.98. The molecule has 3 N–H and O–H groups in total. The summed E-state index contributed by atoms with van der Waals surface area (Å²) in [7, 11) is 2.09. The molecule has 6 nitrogen and oxygen atoms in total. The van der Waals surface area contributed by atoms with Crippen molar-refractivity contribution in [1.29, 1.82) is 0 Å². The number of nitrogens with one attached hydrogen (secondary N) is 1. The quantitative estimate of drug-likeness (QED) is 0.435. The standard InChI is InChI=1S/C24H23F3N6/c1-32-7-4-16(5-8-32)17-2-3-21-20(12-17)22(31-23-29-6-9-33(21)23)30-14-15-10-18(24(25,26)27)13-19(28)11-15/h2-4,6,9-13H,5,7-8,14,28H2,1H3,(H,29,30,31). The first-order valence-corrected chi connectivity index (χ1v) is 10.6. The molecule has 5 rings (SSSR count). The van der Waals surface area contributed by atoms with E-state index < -0.39 is 11.7 Å². The topological polar surface area (TPSA) is 71.5 Å². The Balaban J connectivity index is 1.54. The maximum absolute atomic E-state index is 13.2. The van der Waals surface area contributed by atoms with Gasteiger partial charge in [-0.1, -0.05) is 12.1 Å². The third-order valence-corrected chi connectivity index (χ3v) is 5.93. The predicted molar refractivity (Wildman–Crippen MR) is 124 cm³/mol. The molecule has 1 aliphatic heterocycles. The Kier molecular flexibility index (Phi) is 5.20. The molecule has 4 aromatic rings. The van der Waals surface area contributed by atoms with Crippen LogP contribution in [0.3, 0.4) is 0 Å². The van der Waals surface area contributed by atoms with Crippen molar-refractivity contribution in [2.24, 2.45) is 0 Å². The normalized spacial score (nSPS) is 15.2. The molecule has 2 aromatic heterocycles. The highest BCUT2D eigenvalue weighted by molar-refractivity contribution is 5.93. The third kappa shape index (κ3) is 4.23. The average molecular weight is 452 g/mol. The average Bonchev–Trinajstić information content (AvgIpc) is 3.25. The summed E-state index contributed by atoms with van der Waals surface area (Å²) in [5, 5.41) is 4.09. The number of alkyl halides is 3. The van der Waals surface area contributed by atoms with Crippen molar-refractivity contribution in [3.8, 4) is 0 Å². The summed E-state index contributed by atoms with van der Waals surface area (Å²) < 4.78 is 41.5. The number of nitrogens with zero attached hydrogens (tertiary/aromatic N) is 4. The first-order valence-electron chi connectivity index (χ1n) is 10.6. The van der Waals surface area contributed by atoms with Crippen LogP contribution in [-0.4, -0.2) is 39.4 Å².